The molecule has 0 spiro atoms. The average molecular weight is 328 g/mol. The molecule has 1 aromatic rings. The van der Waals surface area contributed by atoms with Gasteiger partial charge in [0.2, 0.25) is 0 Å². The van der Waals surface area contributed by atoms with Crippen LogP contribution in [-0.2, 0) is 0 Å². The molecule has 104 valence electrons. The van der Waals surface area contributed by atoms with Crippen LogP contribution in [0.3, 0.4) is 0 Å². The van der Waals surface area contributed by atoms with Crippen molar-refractivity contribution >= 4 is 21.6 Å². The molecule has 0 unspecified atom stereocenters. The smallest absolute Gasteiger partial charge is 0.313 e. The fourth-order valence-corrected chi connectivity index (χ4v) is 3.38. The predicted molar refractivity (Wildman–Crippen MR) is 78.0 cm³/mol. The van der Waals surface area contributed by atoms with Crippen LogP contribution in [0.5, 0.6) is 5.75 Å². The first-order chi connectivity index (χ1) is 9.08. The minimum atomic E-state index is -0.361. The molecular weight excluding hydrogens is 310 g/mol. The predicted octanol–water partition coefficient (Wildman–Crippen LogP) is 4.24. The lowest BCUT2D eigenvalue weighted by molar-refractivity contribution is -0.386. The number of hydrogen-bond donors (Lipinski definition) is 0. The van der Waals surface area contributed by atoms with Crippen LogP contribution in [0.4, 0.5) is 5.69 Å². The molecule has 19 heavy (non-hydrogen) atoms. The molecule has 0 saturated heterocycles. The molecule has 0 aromatic heterocycles. The largest absolute Gasteiger partial charge is 0.486 e. The van der Waals surface area contributed by atoms with Crippen molar-refractivity contribution in [3.8, 4) is 5.75 Å². The zero-order valence-electron chi connectivity index (χ0n) is 11.0. The SMILES string of the molecule is Cc1cccc(OCC2(CBr)CCCC2)c1[N+](=O)[O-]. The fraction of sp³-hybridized carbons (Fsp3) is 0.571. The summed E-state index contributed by atoms with van der Waals surface area (Å²) in [5, 5.41) is 12.0. The summed E-state index contributed by atoms with van der Waals surface area (Å²) in [5.74, 6) is 0.386. The quantitative estimate of drug-likeness (QED) is 0.461. The number of para-hydroxylation sites is 1. The van der Waals surface area contributed by atoms with Crippen molar-refractivity contribution in [2.45, 2.75) is 32.6 Å². The molecule has 2 rings (SSSR count). The van der Waals surface area contributed by atoms with Crippen molar-refractivity contribution in [2.24, 2.45) is 5.41 Å². The molecule has 4 nitrogen and oxygen atoms in total. The Bertz CT molecular complexity index is 470. The Kier molecular flexibility index (Phi) is 4.45. The summed E-state index contributed by atoms with van der Waals surface area (Å²) < 4.78 is 5.79. The van der Waals surface area contributed by atoms with Gasteiger partial charge in [-0.3, -0.25) is 10.1 Å². The molecule has 0 amide bonds. The van der Waals surface area contributed by atoms with Crippen LogP contribution in [-0.4, -0.2) is 16.9 Å². The molecule has 0 bridgehead atoms. The van der Waals surface area contributed by atoms with Gasteiger partial charge in [0, 0.05) is 16.3 Å². The van der Waals surface area contributed by atoms with Gasteiger partial charge in [0.05, 0.1) is 11.5 Å². The zero-order valence-corrected chi connectivity index (χ0v) is 12.6. The molecule has 1 fully saturated rings. The van der Waals surface area contributed by atoms with Gasteiger partial charge in [0.25, 0.3) is 0 Å². The minimum Gasteiger partial charge on any atom is -0.486 e. The Hall–Kier alpha value is -1.10. The van der Waals surface area contributed by atoms with Crippen LogP contribution in [0.25, 0.3) is 0 Å². The van der Waals surface area contributed by atoms with Crippen molar-refractivity contribution in [1.82, 2.24) is 0 Å². The summed E-state index contributed by atoms with van der Waals surface area (Å²) in [7, 11) is 0. The Balaban J connectivity index is 2.15. The summed E-state index contributed by atoms with van der Waals surface area (Å²) >= 11 is 3.55. The lowest BCUT2D eigenvalue weighted by Crippen LogP contribution is -2.27. The first-order valence-corrected chi connectivity index (χ1v) is 7.63. The highest BCUT2D eigenvalue weighted by atomic mass is 79.9. The van der Waals surface area contributed by atoms with Crippen molar-refractivity contribution in [3.05, 3.63) is 33.9 Å². The van der Waals surface area contributed by atoms with Crippen molar-refractivity contribution in [1.29, 1.82) is 0 Å². The Morgan fingerprint density at radius 2 is 2.11 bits per heavy atom. The standard InChI is InChI=1S/C14H18BrNO3/c1-11-5-4-6-12(13(11)16(17)18)19-10-14(9-15)7-2-3-8-14/h4-6H,2-3,7-10H2,1H3. The van der Waals surface area contributed by atoms with E-state index in [0.717, 1.165) is 18.2 Å². The molecule has 1 aromatic carbocycles. The van der Waals surface area contributed by atoms with Crippen molar-refractivity contribution in [3.63, 3.8) is 0 Å². The summed E-state index contributed by atoms with van der Waals surface area (Å²) in [5.41, 5.74) is 0.865. The van der Waals surface area contributed by atoms with E-state index in [1.54, 1.807) is 25.1 Å². The number of ether oxygens (including phenoxy) is 1. The van der Waals surface area contributed by atoms with Gasteiger partial charge in [0.15, 0.2) is 5.75 Å². The lowest BCUT2D eigenvalue weighted by atomic mass is 9.90. The van der Waals surface area contributed by atoms with Crippen LogP contribution in [0.1, 0.15) is 31.2 Å². The maximum absolute atomic E-state index is 11.1. The number of nitro groups is 1. The van der Waals surface area contributed by atoms with E-state index in [9.17, 15) is 10.1 Å². The van der Waals surface area contributed by atoms with Gasteiger partial charge < -0.3 is 4.74 Å². The molecule has 1 saturated carbocycles. The summed E-state index contributed by atoms with van der Waals surface area (Å²) in [6.45, 7) is 2.28. The molecule has 1 aliphatic carbocycles. The third-order valence-corrected chi connectivity index (χ3v) is 5.05. The summed E-state index contributed by atoms with van der Waals surface area (Å²) in [6.07, 6.45) is 4.67. The van der Waals surface area contributed by atoms with Crippen LogP contribution in [0.2, 0.25) is 0 Å². The van der Waals surface area contributed by atoms with Crippen LogP contribution >= 0.6 is 15.9 Å². The number of hydrogen-bond acceptors (Lipinski definition) is 3. The first kappa shape index (κ1) is 14.3. The molecule has 5 heteroatoms. The van der Waals surface area contributed by atoms with Crippen LogP contribution < -0.4 is 4.74 Å². The number of rotatable bonds is 5. The third kappa shape index (κ3) is 3.08. The average Bonchev–Trinajstić information content (AvgIpc) is 2.85. The highest BCUT2D eigenvalue weighted by molar-refractivity contribution is 9.09. The molecule has 0 N–H and O–H groups in total. The maximum atomic E-state index is 11.1. The Morgan fingerprint density at radius 1 is 1.42 bits per heavy atom. The van der Waals surface area contributed by atoms with Gasteiger partial charge >= 0.3 is 5.69 Å². The second-order valence-corrected chi connectivity index (χ2v) is 5.87. The zero-order chi connectivity index (χ0) is 13.9. The van der Waals surface area contributed by atoms with Crippen molar-refractivity contribution in [2.75, 3.05) is 11.9 Å². The van der Waals surface area contributed by atoms with E-state index in [-0.39, 0.29) is 16.0 Å². The van der Waals surface area contributed by atoms with E-state index in [0.29, 0.717) is 17.9 Å². The molecule has 0 radical (unpaired) electrons. The first-order valence-electron chi connectivity index (χ1n) is 6.51. The van der Waals surface area contributed by atoms with E-state index >= 15 is 0 Å². The number of halogens is 1. The summed E-state index contributed by atoms with van der Waals surface area (Å²) in [4.78, 5) is 10.7. The summed E-state index contributed by atoms with van der Waals surface area (Å²) in [6, 6.07) is 5.22. The molecule has 0 aliphatic heterocycles. The second kappa shape index (κ2) is 5.90. The monoisotopic (exact) mass is 327 g/mol. The van der Waals surface area contributed by atoms with E-state index in [1.165, 1.54) is 12.8 Å². The number of alkyl halides is 1. The topological polar surface area (TPSA) is 52.4 Å². The number of aryl methyl sites for hydroxylation is 1. The van der Waals surface area contributed by atoms with E-state index in [4.69, 9.17) is 4.74 Å². The number of nitrogens with zero attached hydrogens (tertiary/aromatic N) is 1. The van der Waals surface area contributed by atoms with Crippen molar-refractivity contribution < 1.29 is 9.66 Å². The molecular formula is C14H18BrNO3. The maximum Gasteiger partial charge on any atom is 0.313 e. The number of benzene rings is 1. The molecule has 1 aliphatic rings. The van der Waals surface area contributed by atoms with Gasteiger partial charge in [0.1, 0.15) is 0 Å². The van der Waals surface area contributed by atoms with Gasteiger partial charge in [-0.2, -0.15) is 0 Å². The van der Waals surface area contributed by atoms with E-state index in [1.807, 2.05) is 0 Å². The van der Waals surface area contributed by atoms with Gasteiger partial charge in [-0.1, -0.05) is 40.9 Å². The normalized spacial score (nSPS) is 17.4. The van der Waals surface area contributed by atoms with Gasteiger partial charge in [-0.15, -0.1) is 0 Å². The van der Waals surface area contributed by atoms with Gasteiger partial charge in [-0.25, -0.2) is 0 Å². The molecule has 0 heterocycles. The second-order valence-electron chi connectivity index (χ2n) is 5.31. The lowest BCUT2D eigenvalue weighted by Gasteiger charge is -2.26. The Labute approximate surface area is 121 Å². The van der Waals surface area contributed by atoms with E-state index < -0.39 is 0 Å². The highest BCUT2D eigenvalue weighted by Crippen LogP contribution is 2.41. The fourth-order valence-electron chi connectivity index (χ4n) is 2.65. The number of nitro benzene ring substituents is 1. The molecule has 0 atom stereocenters. The highest BCUT2D eigenvalue weighted by Gasteiger charge is 2.34. The van der Waals surface area contributed by atoms with Gasteiger partial charge in [-0.05, 0) is 25.8 Å². The minimum absolute atomic E-state index is 0.0882. The van der Waals surface area contributed by atoms with Crippen LogP contribution in [0.15, 0.2) is 18.2 Å². The van der Waals surface area contributed by atoms with E-state index in [2.05, 4.69) is 15.9 Å². The Morgan fingerprint density at radius 3 is 2.68 bits per heavy atom. The third-order valence-electron chi connectivity index (χ3n) is 3.86. The van der Waals surface area contributed by atoms with Crippen LogP contribution in [0, 0.1) is 22.5 Å².